The molecule has 1 heterocycles. The number of hydrogen-bond donors (Lipinski definition) is 2. The van der Waals surface area contributed by atoms with Crippen molar-refractivity contribution in [2.75, 3.05) is 46.5 Å². The maximum Gasteiger partial charge on any atom is 0.409 e. The van der Waals surface area contributed by atoms with E-state index in [1.54, 1.807) is 18.9 Å². The lowest BCUT2D eigenvalue weighted by Gasteiger charge is -2.31. The predicted molar refractivity (Wildman–Crippen MR) is 83.7 cm³/mol. The molecule has 1 aliphatic heterocycles. The molecule has 0 aromatic heterocycles. The maximum absolute atomic E-state index is 11.8. The summed E-state index contributed by atoms with van der Waals surface area (Å²) in [4.78, 5) is 25.1. The predicted octanol–water partition coefficient (Wildman–Crippen LogP) is 0.740. The van der Waals surface area contributed by atoms with Gasteiger partial charge in [-0.25, -0.2) is 4.79 Å². The van der Waals surface area contributed by atoms with Crippen molar-refractivity contribution in [2.45, 2.75) is 38.6 Å². The molecular weight excluding hydrogens is 286 g/mol. The summed E-state index contributed by atoms with van der Waals surface area (Å²) in [5.41, 5.74) is 0. The van der Waals surface area contributed by atoms with Crippen LogP contribution in [0.4, 0.5) is 4.79 Å². The van der Waals surface area contributed by atoms with Crippen LogP contribution in [0.25, 0.3) is 0 Å². The molecule has 0 unspecified atom stereocenters. The molecule has 1 saturated heterocycles. The van der Waals surface area contributed by atoms with E-state index in [4.69, 9.17) is 9.47 Å². The first-order valence-corrected chi connectivity index (χ1v) is 8.08. The van der Waals surface area contributed by atoms with E-state index >= 15 is 0 Å². The van der Waals surface area contributed by atoms with Crippen LogP contribution in [0, 0.1) is 0 Å². The van der Waals surface area contributed by atoms with Crippen LogP contribution in [0.3, 0.4) is 0 Å². The van der Waals surface area contributed by atoms with E-state index in [0.29, 0.717) is 32.7 Å². The summed E-state index contributed by atoms with van der Waals surface area (Å²) >= 11 is 0. The zero-order valence-corrected chi connectivity index (χ0v) is 13.7. The molecule has 0 spiro atoms. The molecule has 0 saturated carbocycles. The Bertz CT molecular complexity index is 331. The molecule has 0 radical (unpaired) electrons. The third kappa shape index (κ3) is 7.61. The highest BCUT2D eigenvalue weighted by molar-refractivity contribution is 5.76. The second-order valence-electron chi connectivity index (χ2n) is 5.37. The summed E-state index contributed by atoms with van der Waals surface area (Å²) in [5.74, 6) is 0.0637. The standard InChI is InChI=1S/C15H29N3O4/c1-3-22-15(20)18-10-6-13(7-11-18)17-14(19)5-9-16-8-4-12-21-2/h13,16H,3-12H2,1-2H3,(H,17,19). The second kappa shape index (κ2) is 11.3. The monoisotopic (exact) mass is 315 g/mol. The molecule has 2 amide bonds. The third-order valence-corrected chi connectivity index (χ3v) is 3.62. The molecule has 128 valence electrons. The summed E-state index contributed by atoms with van der Waals surface area (Å²) < 4.78 is 9.93. The molecule has 22 heavy (non-hydrogen) atoms. The van der Waals surface area contributed by atoms with Gasteiger partial charge in [0.05, 0.1) is 6.61 Å². The smallest absolute Gasteiger partial charge is 0.409 e. The topological polar surface area (TPSA) is 79.9 Å². The van der Waals surface area contributed by atoms with Gasteiger partial charge >= 0.3 is 6.09 Å². The fourth-order valence-electron chi connectivity index (χ4n) is 2.39. The lowest BCUT2D eigenvalue weighted by Crippen LogP contribution is -2.47. The number of piperidine rings is 1. The van der Waals surface area contributed by atoms with Gasteiger partial charge in [-0.05, 0) is 32.7 Å². The van der Waals surface area contributed by atoms with Gasteiger partial charge in [0, 0.05) is 45.8 Å². The number of nitrogens with zero attached hydrogens (tertiary/aromatic N) is 1. The highest BCUT2D eigenvalue weighted by atomic mass is 16.6. The van der Waals surface area contributed by atoms with Crippen LogP contribution in [-0.4, -0.2) is 69.4 Å². The second-order valence-corrected chi connectivity index (χ2v) is 5.37. The summed E-state index contributed by atoms with van der Waals surface area (Å²) in [7, 11) is 1.68. The number of carbonyl (C=O) groups is 2. The van der Waals surface area contributed by atoms with E-state index < -0.39 is 0 Å². The molecule has 2 N–H and O–H groups in total. The Hall–Kier alpha value is -1.34. The Morgan fingerprint density at radius 3 is 2.59 bits per heavy atom. The van der Waals surface area contributed by atoms with Gasteiger partial charge in [0.2, 0.25) is 5.91 Å². The van der Waals surface area contributed by atoms with Crippen molar-refractivity contribution in [3.63, 3.8) is 0 Å². The van der Waals surface area contributed by atoms with E-state index in [1.165, 1.54) is 0 Å². The molecule has 0 aliphatic carbocycles. The highest BCUT2D eigenvalue weighted by Gasteiger charge is 2.24. The Morgan fingerprint density at radius 1 is 1.23 bits per heavy atom. The zero-order chi connectivity index (χ0) is 16.2. The van der Waals surface area contributed by atoms with Crippen molar-refractivity contribution in [1.82, 2.24) is 15.5 Å². The number of hydrogen-bond acceptors (Lipinski definition) is 5. The SMILES string of the molecule is CCOC(=O)N1CCC(NC(=O)CCNCCCOC)CC1. The number of ether oxygens (including phenoxy) is 2. The molecular formula is C15H29N3O4. The highest BCUT2D eigenvalue weighted by Crippen LogP contribution is 2.11. The maximum atomic E-state index is 11.8. The van der Waals surface area contributed by atoms with Crippen LogP contribution < -0.4 is 10.6 Å². The fraction of sp³-hybridized carbons (Fsp3) is 0.867. The van der Waals surface area contributed by atoms with E-state index in [1.807, 2.05) is 0 Å². The first-order valence-electron chi connectivity index (χ1n) is 8.08. The molecule has 0 aromatic carbocycles. The minimum Gasteiger partial charge on any atom is -0.450 e. The van der Waals surface area contributed by atoms with Crippen LogP contribution in [-0.2, 0) is 14.3 Å². The summed E-state index contributed by atoms with van der Waals surface area (Å²) in [6.45, 7) is 5.74. The van der Waals surface area contributed by atoms with Crippen molar-refractivity contribution in [1.29, 1.82) is 0 Å². The van der Waals surface area contributed by atoms with E-state index in [-0.39, 0.29) is 18.0 Å². The largest absolute Gasteiger partial charge is 0.450 e. The Kier molecular flexibility index (Phi) is 9.57. The summed E-state index contributed by atoms with van der Waals surface area (Å²) in [6.07, 6.45) is 2.74. The Balaban J connectivity index is 2.08. The first kappa shape index (κ1) is 18.7. The third-order valence-electron chi connectivity index (χ3n) is 3.62. The van der Waals surface area contributed by atoms with Gasteiger partial charge < -0.3 is 25.0 Å². The molecule has 7 nitrogen and oxygen atoms in total. The van der Waals surface area contributed by atoms with E-state index in [9.17, 15) is 9.59 Å². The minimum absolute atomic E-state index is 0.0637. The number of amides is 2. The molecule has 0 aromatic rings. The zero-order valence-electron chi connectivity index (χ0n) is 13.7. The van der Waals surface area contributed by atoms with Gasteiger partial charge in [-0.15, -0.1) is 0 Å². The van der Waals surface area contributed by atoms with E-state index in [0.717, 1.165) is 32.4 Å². The lowest BCUT2D eigenvalue weighted by molar-refractivity contribution is -0.121. The molecule has 1 aliphatic rings. The summed E-state index contributed by atoms with van der Waals surface area (Å²) in [5, 5.41) is 6.24. The van der Waals surface area contributed by atoms with Crippen molar-refractivity contribution in [3.8, 4) is 0 Å². The molecule has 7 heteroatoms. The van der Waals surface area contributed by atoms with Gasteiger partial charge in [0.25, 0.3) is 0 Å². The number of methoxy groups -OCH3 is 1. The molecule has 1 rings (SSSR count). The fourth-order valence-corrected chi connectivity index (χ4v) is 2.39. The number of nitrogens with one attached hydrogen (secondary N) is 2. The van der Waals surface area contributed by atoms with Crippen molar-refractivity contribution < 1.29 is 19.1 Å². The summed E-state index contributed by atoms with van der Waals surface area (Å²) in [6, 6.07) is 0.159. The Labute approximate surface area is 132 Å². The molecule has 0 atom stereocenters. The quantitative estimate of drug-likeness (QED) is 0.614. The Morgan fingerprint density at radius 2 is 1.95 bits per heavy atom. The van der Waals surface area contributed by atoms with Crippen molar-refractivity contribution in [3.05, 3.63) is 0 Å². The molecule has 1 fully saturated rings. The number of carbonyl (C=O) groups excluding carboxylic acids is 2. The van der Waals surface area contributed by atoms with Crippen LogP contribution in [0.2, 0.25) is 0 Å². The minimum atomic E-state index is -0.257. The van der Waals surface area contributed by atoms with Gasteiger partial charge in [-0.1, -0.05) is 0 Å². The normalized spacial score (nSPS) is 15.6. The van der Waals surface area contributed by atoms with Crippen molar-refractivity contribution >= 4 is 12.0 Å². The number of likely N-dealkylation sites (tertiary alicyclic amines) is 1. The van der Waals surface area contributed by atoms with Gasteiger partial charge in [0.15, 0.2) is 0 Å². The van der Waals surface area contributed by atoms with Crippen LogP contribution in [0.1, 0.15) is 32.6 Å². The average Bonchev–Trinajstić information content (AvgIpc) is 2.51. The van der Waals surface area contributed by atoms with Crippen molar-refractivity contribution in [2.24, 2.45) is 0 Å². The van der Waals surface area contributed by atoms with E-state index in [2.05, 4.69) is 10.6 Å². The van der Waals surface area contributed by atoms with Crippen LogP contribution in [0.15, 0.2) is 0 Å². The first-order chi connectivity index (χ1) is 10.7. The lowest BCUT2D eigenvalue weighted by atomic mass is 10.1. The van der Waals surface area contributed by atoms with Gasteiger partial charge in [-0.2, -0.15) is 0 Å². The van der Waals surface area contributed by atoms with Gasteiger partial charge in [0.1, 0.15) is 0 Å². The van der Waals surface area contributed by atoms with Gasteiger partial charge in [-0.3, -0.25) is 4.79 Å². The van der Waals surface area contributed by atoms with Crippen LogP contribution in [0.5, 0.6) is 0 Å². The van der Waals surface area contributed by atoms with Crippen LogP contribution >= 0.6 is 0 Å². The number of rotatable bonds is 9. The average molecular weight is 315 g/mol. The molecule has 0 bridgehead atoms.